The molecular formula is C14H13FN4O2S. The summed E-state index contributed by atoms with van der Waals surface area (Å²) in [6.45, 7) is 1.82. The molecule has 2 aromatic heterocycles. The quantitative estimate of drug-likeness (QED) is 0.803. The van der Waals surface area contributed by atoms with Gasteiger partial charge in [-0.3, -0.25) is 9.40 Å². The van der Waals surface area contributed by atoms with Crippen LogP contribution in [0.15, 0.2) is 41.4 Å². The molecule has 1 N–H and O–H groups in total. The summed E-state index contributed by atoms with van der Waals surface area (Å²) in [5, 5.41) is 5.00. The maximum absolute atomic E-state index is 12.9. The van der Waals surface area contributed by atoms with Crippen molar-refractivity contribution in [3.8, 4) is 0 Å². The molecule has 0 bridgehead atoms. The van der Waals surface area contributed by atoms with Gasteiger partial charge >= 0.3 is 0 Å². The average molecular weight is 320 g/mol. The minimum Gasteiger partial charge on any atom is -0.278 e. The molecule has 0 aliphatic carbocycles. The number of fused-ring (bicyclic) bond motifs is 1. The van der Waals surface area contributed by atoms with E-state index >= 15 is 0 Å². The number of aryl methyl sites for hydroxylation is 2. The zero-order valence-corrected chi connectivity index (χ0v) is 12.7. The molecule has 0 amide bonds. The second-order valence-corrected chi connectivity index (χ2v) is 6.55. The van der Waals surface area contributed by atoms with Gasteiger partial charge in [0.15, 0.2) is 5.65 Å². The molecule has 0 spiro atoms. The molecule has 0 saturated carbocycles. The number of aromatic nitrogens is 3. The molecule has 1 aromatic carbocycles. The number of anilines is 1. The van der Waals surface area contributed by atoms with Crippen LogP contribution in [0.1, 0.15) is 5.69 Å². The Kier molecular flexibility index (Phi) is 3.32. The predicted octanol–water partition coefficient (Wildman–Crippen LogP) is 2.22. The minimum atomic E-state index is -3.79. The number of nitrogens with one attached hydrogen (secondary N) is 1. The van der Waals surface area contributed by atoms with Crippen molar-refractivity contribution in [2.45, 2.75) is 11.8 Å². The molecule has 0 fully saturated rings. The van der Waals surface area contributed by atoms with Crippen LogP contribution in [0.3, 0.4) is 0 Å². The van der Waals surface area contributed by atoms with Crippen LogP contribution in [0, 0.1) is 12.7 Å². The molecule has 3 aromatic rings. The Bertz CT molecular complexity index is 949. The van der Waals surface area contributed by atoms with Gasteiger partial charge in [0.2, 0.25) is 0 Å². The Morgan fingerprint density at radius 2 is 1.91 bits per heavy atom. The second-order valence-electron chi connectivity index (χ2n) is 4.86. The lowest BCUT2D eigenvalue weighted by atomic mass is 10.3. The van der Waals surface area contributed by atoms with Crippen molar-refractivity contribution in [3.05, 3.63) is 48.0 Å². The number of rotatable bonds is 3. The van der Waals surface area contributed by atoms with Gasteiger partial charge in [-0.2, -0.15) is 5.10 Å². The van der Waals surface area contributed by atoms with Gasteiger partial charge in [0.05, 0.1) is 22.5 Å². The van der Waals surface area contributed by atoms with Crippen molar-refractivity contribution in [1.82, 2.24) is 14.8 Å². The number of hydrogen-bond donors (Lipinski definition) is 1. The van der Waals surface area contributed by atoms with E-state index in [1.54, 1.807) is 17.8 Å². The molecule has 8 heteroatoms. The summed E-state index contributed by atoms with van der Waals surface area (Å²) in [6, 6.07) is 6.28. The first kappa shape index (κ1) is 14.5. The monoisotopic (exact) mass is 320 g/mol. The zero-order chi connectivity index (χ0) is 15.9. The van der Waals surface area contributed by atoms with Gasteiger partial charge in [-0.1, -0.05) is 0 Å². The number of nitrogens with zero attached hydrogens (tertiary/aromatic N) is 3. The van der Waals surface area contributed by atoms with E-state index in [1.165, 1.54) is 18.3 Å². The highest BCUT2D eigenvalue weighted by Gasteiger charge is 2.15. The highest BCUT2D eigenvalue weighted by Crippen LogP contribution is 2.21. The van der Waals surface area contributed by atoms with Crippen LogP contribution in [0.4, 0.5) is 10.1 Å². The van der Waals surface area contributed by atoms with E-state index in [1.807, 2.05) is 6.92 Å². The van der Waals surface area contributed by atoms with Crippen molar-refractivity contribution in [3.63, 3.8) is 0 Å². The summed E-state index contributed by atoms with van der Waals surface area (Å²) in [5.41, 5.74) is 1.75. The van der Waals surface area contributed by atoms with Crippen LogP contribution in [0.25, 0.3) is 11.0 Å². The van der Waals surface area contributed by atoms with Gasteiger partial charge in [0.25, 0.3) is 10.0 Å². The molecular weight excluding hydrogens is 307 g/mol. The van der Waals surface area contributed by atoms with Gasteiger partial charge < -0.3 is 0 Å². The van der Waals surface area contributed by atoms with E-state index in [-0.39, 0.29) is 4.90 Å². The lowest BCUT2D eigenvalue weighted by molar-refractivity contribution is 0.599. The Balaban J connectivity index is 1.98. The second kappa shape index (κ2) is 5.06. The zero-order valence-electron chi connectivity index (χ0n) is 11.9. The number of sulfonamides is 1. The predicted molar refractivity (Wildman–Crippen MR) is 80.5 cm³/mol. The molecule has 0 unspecified atom stereocenters. The third-order valence-corrected chi connectivity index (χ3v) is 4.64. The Labute approximate surface area is 126 Å². The van der Waals surface area contributed by atoms with Crippen LogP contribution in [-0.4, -0.2) is 23.2 Å². The summed E-state index contributed by atoms with van der Waals surface area (Å²) in [7, 11) is -2.02. The smallest absolute Gasteiger partial charge is 0.261 e. The van der Waals surface area contributed by atoms with Crippen molar-refractivity contribution >= 4 is 26.7 Å². The maximum Gasteiger partial charge on any atom is 0.261 e. The summed E-state index contributed by atoms with van der Waals surface area (Å²) < 4.78 is 41.5. The summed E-state index contributed by atoms with van der Waals surface area (Å²) in [5.74, 6) is -0.493. The number of halogens is 1. The lowest BCUT2D eigenvalue weighted by Gasteiger charge is -2.08. The molecule has 0 aliphatic rings. The largest absolute Gasteiger partial charge is 0.278 e. The molecule has 0 saturated heterocycles. The Morgan fingerprint density at radius 1 is 1.23 bits per heavy atom. The van der Waals surface area contributed by atoms with Crippen molar-refractivity contribution in [1.29, 1.82) is 0 Å². The van der Waals surface area contributed by atoms with Crippen molar-refractivity contribution < 1.29 is 12.8 Å². The third kappa shape index (κ3) is 2.52. The van der Waals surface area contributed by atoms with Crippen LogP contribution < -0.4 is 4.72 Å². The van der Waals surface area contributed by atoms with Crippen LogP contribution in [-0.2, 0) is 17.1 Å². The molecule has 6 nitrogen and oxygen atoms in total. The summed E-state index contributed by atoms with van der Waals surface area (Å²) in [4.78, 5) is 4.19. The standard InChI is InChI=1S/C14H13FN4O2S/c1-9-13-7-11(8-16-14(13)19(2)17-9)18-22(20,21)12-5-3-10(15)4-6-12/h3-8,18H,1-2H3. The fourth-order valence-corrected chi connectivity index (χ4v) is 3.23. The first-order valence-corrected chi connectivity index (χ1v) is 7.93. The van der Waals surface area contributed by atoms with Gasteiger partial charge in [-0.25, -0.2) is 17.8 Å². The fourth-order valence-electron chi connectivity index (χ4n) is 2.19. The molecule has 0 aliphatic heterocycles. The molecule has 114 valence electrons. The number of hydrogen-bond acceptors (Lipinski definition) is 4. The molecule has 3 rings (SSSR count). The average Bonchev–Trinajstić information content (AvgIpc) is 2.74. The molecule has 22 heavy (non-hydrogen) atoms. The third-order valence-electron chi connectivity index (χ3n) is 3.24. The molecule has 0 atom stereocenters. The topological polar surface area (TPSA) is 76.9 Å². The van der Waals surface area contributed by atoms with E-state index in [0.29, 0.717) is 11.3 Å². The van der Waals surface area contributed by atoms with E-state index < -0.39 is 15.8 Å². The van der Waals surface area contributed by atoms with Crippen LogP contribution in [0.5, 0.6) is 0 Å². The van der Waals surface area contributed by atoms with E-state index in [2.05, 4.69) is 14.8 Å². The minimum absolute atomic E-state index is 0.0168. The van der Waals surface area contributed by atoms with Gasteiger partial charge in [-0.05, 0) is 37.3 Å². The first-order valence-electron chi connectivity index (χ1n) is 6.44. The van der Waals surface area contributed by atoms with Gasteiger partial charge in [0, 0.05) is 12.4 Å². The lowest BCUT2D eigenvalue weighted by Crippen LogP contribution is -2.13. The van der Waals surface area contributed by atoms with Crippen LogP contribution >= 0.6 is 0 Å². The van der Waals surface area contributed by atoms with Gasteiger partial charge in [-0.15, -0.1) is 0 Å². The Morgan fingerprint density at radius 3 is 2.59 bits per heavy atom. The molecule has 0 radical (unpaired) electrons. The van der Waals surface area contributed by atoms with E-state index in [0.717, 1.165) is 23.2 Å². The number of benzene rings is 1. The van der Waals surface area contributed by atoms with Crippen molar-refractivity contribution in [2.24, 2.45) is 7.05 Å². The Hall–Kier alpha value is -2.48. The normalized spacial score (nSPS) is 11.8. The fraction of sp³-hybridized carbons (Fsp3) is 0.143. The summed E-state index contributed by atoms with van der Waals surface area (Å²) >= 11 is 0. The summed E-state index contributed by atoms with van der Waals surface area (Å²) in [6.07, 6.45) is 1.42. The SMILES string of the molecule is Cc1nn(C)c2ncc(NS(=O)(=O)c3ccc(F)cc3)cc12. The van der Waals surface area contributed by atoms with E-state index in [4.69, 9.17) is 0 Å². The molecule has 2 heterocycles. The highest BCUT2D eigenvalue weighted by atomic mass is 32.2. The first-order chi connectivity index (χ1) is 10.4. The highest BCUT2D eigenvalue weighted by molar-refractivity contribution is 7.92. The van der Waals surface area contributed by atoms with Gasteiger partial charge in [0.1, 0.15) is 5.82 Å². The van der Waals surface area contributed by atoms with E-state index in [9.17, 15) is 12.8 Å². The number of pyridine rings is 1. The van der Waals surface area contributed by atoms with Crippen LogP contribution in [0.2, 0.25) is 0 Å². The van der Waals surface area contributed by atoms with Crippen molar-refractivity contribution in [2.75, 3.05) is 4.72 Å². The maximum atomic E-state index is 12.9.